The van der Waals surface area contributed by atoms with Gasteiger partial charge in [-0.2, -0.15) is 0 Å². The number of aromatic nitrogens is 4. The molecule has 33 heavy (non-hydrogen) atoms. The number of hydrogen-bond donors (Lipinski definition) is 2. The molecule has 0 saturated carbocycles. The smallest absolute Gasteiger partial charge is 0.239 e. The Balaban J connectivity index is 1.49. The predicted molar refractivity (Wildman–Crippen MR) is 123 cm³/mol. The van der Waals surface area contributed by atoms with Crippen LogP contribution in [0, 0.1) is 5.82 Å². The van der Waals surface area contributed by atoms with Gasteiger partial charge in [-0.25, -0.2) is 9.37 Å². The van der Waals surface area contributed by atoms with Gasteiger partial charge in [0.05, 0.1) is 59.0 Å². The van der Waals surface area contributed by atoms with Gasteiger partial charge in [0.25, 0.3) is 0 Å². The lowest BCUT2D eigenvalue weighted by molar-refractivity contribution is -0.118. The molecule has 4 aromatic heterocycles. The molecule has 0 radical (unpaired) electrons. The van der Waals surface area contributed by atoms with Crippen molar-refractivity contribution < 1.29 is 13.9 Å². The lowest BCUT2D eigenvalue weighted by atomic mass is 10.0. The van der Waals surface area contributed by atoms with Crippen molar-refractivity contribution in [3.8, 4) is 22.5 Å². The number of nitrogens with zero attached hydrogens (tertiary/aromatic N) is 4. The first-order valence-corrected chi connectivity index (χ1v) is 10.8. The number of carbonyl (C=O) groups is 1. The van der Waals surface area contributed by atoms with Crippen LogP contribution in [0.4, 0.5) is 10.2 Å². The molecule has 8 nitrogen and oxygen atoms in total. The van der Waals surface area contributed by atoms with Gasteiger partial charge in [0, 0.05) is 31.0 Å². The van der Waals surface area contributed by atoms with Crippen molar-refractivity contribution in [1.29, 1.82) is 0 Å². The third-order valence-corrected chi connectivity index (χ3v) is 5.58. The molecule has 5 heterocycles. The van der Waals surface area contributed by atoms with Crippen LogP contribution in [0.1, 0.15) is 0 Å². The van der Waals surface area contributed by atoms with E-state index in [1.165, 1.54) is 6.07 Å². The number of pyridine rings is 3. The van der Waals surface area contributed by atoms with Gasteiger partial charge >= 0.3 is 0 Å². The van der Waals surface area contributed by atoms with Crippen molar-refractivity contribution in [2.24, 2.45) is 0 Å². The normalized spacial score (nSPS) is 14.5. The number of halogens is 2. The minimum absolute atomic E-state index is 0.146. The van der Waals surface area contributed by atoms with Crippen molar-refractivity contribution in [2.45, 2.75) is 0 Å². The number of aromatic amines is 1. The monoisotopic (exact) mass is 466 g/mol. The lowest BCUT2D eigenvalue weighted by Crippen LogP contribution is -2.41. The average molecular weight is 467 g/mol. The van der Waals surface area contributed by atoms with E-state index in [0.29, 0.717) is 52.0 Å². The van der Waals surface area contributed by atoms with Crippen molar-refractivity contribution in [3.05, 3.63) is 59.8 Å². The average Bonchev–Trinajstić information content (AvgIpc) is 3.19. The first kappa shape index (κ1) is 21.4. The largest absolute Gasteiger partial charge is 0.379 e. The van der Waals surface area contributed by atoms with E-state index in [1.807, 2.05) is 11.0 Å². The molecular formula is C23H20ClFN6O2. The molecule has 1 amide bonds. The summed E-state index contributed by atoms with van der Waals surface area (Å²) in [6.45, 7) is 2.97. The zero-order valence-electron chi connectivity index (χ0n) is 17.5. The van der Waals surface area contributed by atoms with Crippen molar-refractivity contribution in [2.75, 3.05) is 38.2 Å². The summed E-state index contributed by atoms with van der Waals surface area (Å²) >= 11 is 6.14. The van der Waals surface area contributed by atoms with Crippen LogP contribution in [0.25, 0.3) is 33.5 Å². The summed E-state index contributed by atoms with van der Waals surface area (Å²) < 4.78 is 18.8. The Morgan fingerprint density at radius 1 is 1.15 bits per heavy atom. The van der Waals surface area contributed by atoms with Gasteiger partial charge in [-0.05, 0) is 30.3 Å². The molecule has 0 unspecified atom stereocenters. The van der Waals surface area contributed by atoms with Crippen LogP contribution in [-0.2, 0) is 9.53 Å². The number of carbonyl (C=O) groups excluding carboxylic acids is 1. The molecule has 10 heteroatoms. The maximum atomic E-state index is 13.5. The fraction of sp³-hybridized carbons (Fsp3) is 0.217. The Kier molecular flexibility index (Phi) is 5.99. The van der Waals surface area contributed by atoms with Crippen LogP contribution < -0.4 is 5.32 Å². The molecule has 1 aliphatic rings. The molecule has 1 saturated heterocycles. The number of amides is 1. The van der Waals surface area contributed by atoms with Gasteiger partial charge in [0.15, 0.2) is 0 Å². The minimum atomic E-state index is -0.426. The Morgan fingerprint density at radius 3 is 2.79 bits per heavy atom. The van der Waals surface area contributed by atoms with Crippen LogP contribution in [-0.4, -0.2) is 63.6 Å². The van der Waals surface area contributed by atoms with E-state index in [4.69, 9.17) is 16.3 Å². The van der Waals surface area contributed by atoms with E-state index >= 15 is 0 Å². The molecule has 1 fully saturated rings. The highest BCUT2D eigenvalue weighted by Gasteiger charge is 2.19. The van der Waals surface area contributed by atoms with Gasteiger partial charge in [-0.15, -0.1) is 0 Å². The van der Waals surface area contributed by atoms with E-state index in [2.05, 4.69) is 25.3 Å². The number of rotatable bonds is 5. The molecule has 4 aromatic rings. The Labute approximate surface area is 193 Å². The number of fused-ring (bicyclic) bond motifs is 1. The second kappa shape index (κ2) is 9.22. The third-order valence-electron chi connectivity index (χ3n) is 5.37. The Morgan fingerprint density at radius 2 is 2.00 bits per heavy atom. The van der Waals surface area contributed by atoms with Gasteiger partial charge in [-0.1, -0.05) is 11.6 Å². The van der Waals surface area contributed by atoms with Crippen LogP contribution in [0.5, 0.6) is 0 Å². The van der Waals surface area contributed by atoms with Crippen molar-refractivity contribution in [1.82, 2.24) is 24.8 Å². The zero-order valence-corrected chi connectivity index (χ0v) is 18.3. The molecule has 168 valence electrons. The molecule has 5 rings (SSSR count). The summed E-state index contributed by atoms with van der Waals surface area (Å²) in [5.41, 5.74) is 4.11. The maximum Gasteiger partial charge on any atom is 0.239 e. The minimum Gasteiger partial charge on any atom is -0.379 e. The second-order valence-electron chi connectivity index (χ2n) is 7.65. The second-order valence-corrected chi connectivity index (χ2v) is 8.09. The van der Waals surface area contributed by atoms with E-state index in [1.54, 1.807) is 30.6 Å². The number of nitrogens with one attached hydrogen (secondary N) is 2. The Bertz CT molecular complexity index is 1300. The van der Waals surface area contributed by atoms with Gasteiger partial charge in [0.2, 0.25) is 5.91 Å². The molecule has 0 aromatic carbocycles. The molecule has 2 N–H and O–H groups in total. The molecule has 0 aliphatic carbocycles. The molecule has 0 bridgehead atoms. The van der Waals surface area contributed by atoms with Crippen LogP contribution in [0.15, 0.2) is 48.9 Å². The zero-order chi connectivity index (χ0) is 22.8. The molecule has 0 atom stereocenters. The van der Waals surface area contributed by atoms with Gasteiger partial charge in [-0.3, -0.25) is 19.7 Å². The summed E-state index contributed by atoms with van der Waals surface area (Å²) in [6.07, 6.45) is 4.34. The van der Waals surface area contributed by atoms with Crippen molar-refractivity contribution >= 4 is 34.4 Å². The van der Waals surface area contributed by atoms with Crippen LogP contribution >= 0.6 is 11.6 Å². The summed E-state index contributed by atoms with van der Waals surface area (Å²) in [5.74, 6) is -0.147. The number of H-pyrrole nitrogens is 1. The highest BCUT2D eigenvalue weighted by molar-refractivity contribution is 6.31. The van der Waals surface area contributed by atoms with E-state index in [-0.39, 0.29) is 12.5 Å². The summed E-state index contributed by atoms with van der Waals surface area (Å²) in [7, 11) is 0. The quantitative estimate of drug-likeness (QED) is 0.465. The van der Waals surface area contributed by atoms with Gasteiger partial charge in [0.1, 0.15) is 11.6 Å². The molecule has 1 aliphatic heterocycles. The number of anilines is 1. The maximum absolute atomic E-state index is 13.5. The number of ether oxygens (including phenoxy) is 1. The van der Waals surface area contributed by atoms with E-state index < -0.39 is 5.82 Å². The van der Waals surface area contributed by atoms with Crippen LogP contribution in [0.3, 0.4) is 0 Å². The predicted octanol–water partition coefficient (Wildman–Crippen LogP) is 3.75. The fourth-order valence-electron chi connectivity index (χ4n) is 3.84. The highest BCUT2D eigenvalue weighted by atomic mass is 35.5. The summed E-state index contributed by atoms with van der Waals surface area (Å²) in [6, 6.07) is 8.31. The molecule has 0 spiro atoms. The first-order chi connectivity index (χ1) is 16.1. The highest BCUT2D eigenvalue weighted by Crippen LogP contribution is 2.37. The third kappa shape index (κ3) is 4.70. The topological polar surface area (TPSA) is 96.0 Å². The first-order valence-electron chi connectivity index (χ1n) is 10.4. The van der Waals surface area contributed by atoms with E-state index in [9.17, 15) is 9.18 Å². The number of hydrogen-bond acceptors (Lipinski definition) is 6. The summed E-state index contributed by atoms with van der Waals surface area (Å²) in [4.78, 5) is 30.9. The molecular weight excluding hydrogens is 447 g/mol. The lowest BCUT2D eigenvalue weighted by Gasteiger charge is -2.25. The number of morpholine rings is 1. The fourth-order valence-corrected chi connectivity index (χ4v) is 4.00. The standard InChI is InChI=1S/C23H20ClFN6O2/c24-15-10-18-23(28-11-15)21(17-2-1-16(25)12-27-17)22(29-18)14-3-4-26-19(9-14)30-20(32)13-31-5-7-33-8-6-31/h1-4,9-12,29H,5-8,13H2,(H,26,30,32). The van der Waals surface area contributed by atoms with Gasteiger partial charge < -0.3 is 15.0 Å². The van der Waals surface area contributed by atoms with Crippen molar-refractivity contribution in [3.63, 3.8) is 0 Å². The SMILES string of the molecule is O=C(CN1CCOCC1)Nc1cc(-c2[nH]c3cc(Cl)cnc3c2-c2ccc(F)cn2)ccn1. The Hall–Kier alpha value is -3.40. The van der Waals surface area contributed by atoms with E-state index in [0.717, 1.165) is 24.8 Å². The summed E-state index contributed by atoms with van der Waals surface area (Å²) in [5, 5.41) is 3.35. The van der Waals surface area contributed by atoms with Crippen LogP contribution in [0.2, 0.25) is 5.02 Å².